The average Bonchev–Trinajstić information content (AvgIpc) is 3.33. The molecule has 26 heavy (non-hydrogen) atoms. The van der Waals surface area contributed by atoms with Crippen molar-refractivity contribution >= 4 is 38.8 Å². The van der Waals surface area contributed by atoms with Gasteiger partial charge < -0.3 is 0 Å². The minimum absolute atomic E-state index is 0.210. The third-order valence-electron chi connectivity index (χ3n) is 4.00. The molecule has 0 aliphatic rings. The molecule has 0 spiro atoms. The molecule has 0 radical (unpaired) electrons. The van der Waals surface area contributed by atoms with Gasteiger partial charge in [-0.3, -0.25) is 15.0 Å². The predicted octanol–water partition coefficient (Wildman–Crippen LogP) is 3.89. The second-order valence-electron chi connectivity index (χ2n) is 5.73. The van der Waals surface area contributed by atoms with Crippen molar-refractivity contribution in [2.45, 2.75) is 12.8 Å². The SMILES string of the molecule is O=C(CCc1cccs1)Nn1cnc2scc(-c3ccccc3)c2c1=O. The molecule has 1 amide bonds. The van der Waals surface area contributed by atoms with Crippen molar-refractivity contribution in [3.05, 3.63) is 74.8 Å². The van der Waals surface area contributed by atoms with E-state index >= 15 is 0 Å². The number of carbonyl (C=O) groups is 1. The number of benzene rings is 1. The molecular weight excluding hydrogens is 366 g/mol. The van der Waals surface area contributed by atoms with Crippen LogP contribution in [0.3, 0.4) is 0 Å². The summed E-state index contributed by atoms with van der Waals surface area (Å²) in [6.45, 7) is 0. The number of hydrogen-bond donors (Lipinski definition) is 1. The number of rotatable bonds is 5. The van der Waals surface area contributed by atoms with Crippen LogP contribution in [-0.4, -0.2) is 15.6 Å². The second kappa shape index (κ2) is 7.23. The van der Waals surface area contributed by atoms with Gasteiger partial charge in [0, 0.05) is 22.2 Å². The van der Waals surface area contributed by atoms with Gasteiger partial charge in [-0.1, -0.05) is 36.4 Å². The summed E-state index contributed by atoms with van der Waals surface area (Å²) < 4.78 is 1.18. The molecule has 3 aromatic heterocycles. The van der Waals surface area contributed by atoms with Gasteiger partial charge in [0.15, 0.2) is 0 Å². The van der Waals surface area contributed by atoms with E-state index in [4.69, 9.17) is 0 Å². The summed E-state index contributed by atoms with van der Waals surface area (Å²) in [4.78, 5) is 31.2. The lowest BCUT2D eigenvalue weighted by atomic mass is 10.1. The van der Waals surface area contributed by atoms with Gasteiger partial charge in [0.2, 0.25) is 5.91 Å². The average molecular weight is 381 g/mol. The Hall–Kier alpha value is -2.77. The molecule has 0 bridgehead atoms. The number of amides is 1. The van der Waals surface area contributed by atoms with Gasteiger partial charge in [0.25, 0.3) is 5.56 Å². The number of thiophene rings is 2. The molecule has 1 N–H and O–H groups in total. The maximum atomic E-state index is 12.9. The monoisotopic (exact) mass is 381 g/mol. The molecule has 0 saturated heterocycles. The predicted molar refractivity (Wildman–Crippen MR) is 106 cm³/mol. The first-order chi connectivity index (χ1) is 12.7. The Morgan fingerprint density at radius 1 is 1.12 bits per heavy atom. The highest BCUT2D eigenvalue weighted by molar-refractivity contribution is 7.17. The maximum Gasteiger partial charge on any atom is 0.281 e. The molecule has 0 atom stereocenters. The van der Waals surface area contributed by atoms with Gasteiger partial charge in [-0.25, -0.2) is 9.66 Å². The van der Waals surface area contributed by atoms with Crippen LogP contribution in [0.5, 0.6) is 0 Å². The molecule has 5 nitrogen and oxygen atoms in total. The first-order valence-electron chi connectivity index (χ1n) is 8.09. The molecule has 0 saturated carbocycles. The lowest BCUT2D eigenvalue weighted by Gasteiger charge is -2.08. The van der Waals surface area contributed by atoms with Crippen molar-refractivity contribution in [3.8, 4) is 11.1 Å². The zero-order valence-corrected chi connectivity index (χ0v) is 15.3. The quantitative estimate of drug-likeness (QED) is 0.570. The molecule has 7 heteroatoms. The highest BCUT2D eigenvalue weighted by Gasteiger charge is 2.14. The Kier molecular flexibility index (Phi) is 4.64. The van der Waals surface area contributed by atoms with Gasteiger partial charge in [-0.2, -0.15) is 0 Å². The van der Waals surface area contributed by atoms with Crippen LogP contribution >= 0.6 is 22.7 Å². The first kappa shape index (κ1) is 16.7. The summed E-state index contributed by atoms with van der Waals surface area (Å²) in [5, 5.41) is 4.44. The Morgan fingerprint density at radius 2 is 1.96 bits per heavy atom. The van der Waals surface area contributed by atoms with Crippen LogP contribution < -0.4 is 11.0 Å². The molecule has 4 rings (SSSR count). The van der Waals surface area contributed by atoms with E-state index in [2.05, 4.69) is 10.4 Å². The standard InChI is InChI=1S/C19H15N3O2S2/c23-16(9-8-14-7-4-10-25-14)21-22-12-20-18-17(19(22)24)15(11-26-18)13-5-2-1-3-6-13/h1-7,10-12H,8-9H2,(H,21,23). The molecule has 0 aliphatic heterocycles. The fourth-order valence-electron chi connectivity index (χ4n) is 2.72. The van der Waals surface area contributed by atoms with Gasteiger partial charge in [0.05, 0.1) is 5.39 Å². The fraction of sp³-hybridized carbons (Fsp3) is 0.105. The fourth-order valence-corrected chi connectivity index (χ4v) is 4.34. The van der Waals surface area contributed by atoms with E-state index in [0.29, 0.717) is 23.1 Å². The molecule has 3 heterocycles. The van der Waals surface area contributed by atoms with Crippen molar-refractivity contribution in [1.82, 2.24) is 9.66 Å². The van der Waals surface area contributed by atoms with Crippen LogP contribution in [0.15, 0.2) is 64.3 Å². The lowest BCUT2D eigenvalue weighted by Crippen LogP contribution is -2.33. The normalized spacial score (nSPS) is 10.9. The Balaban J connectivity index is 1.61. The summed E-state index contributed by atoms with van der Waals surface area (Å²) in [5.74, 6) is -0.210. The molecule has 0 fully saturated rings. The smallest absolute Gasteiger partial charge is 0.273 e. The number of nitrogens with zero attached hydrogens (tertiary/aromatic N) is 2. The summed E-state index contributed by atoms with van der Waals surface area (Å²) in [5.41, 5.74) is 4.18. The summed E-state index contributed by atoms with van der Waals surface area (Å²) in [6, 6.07) is 13.7. The van der Waals surface area contributed by atoms with Crippen LogP contribution in [0.25, 0.3) is 21.3 Å². The zero-order chi connectivity index (χ0) is 17.9. The van der Waals surface area contributed by atoms with E-state index in [9.17, 15) is 9.59 Å². The molecule has 0 aliphatic carbocycles. The van der Waals surface area contributed by atoms with Crippen molar-refractivity contribution in [2.75, 3.05) is 5.43 Å². The zero-order valence-electron chi connectivity index (χ0n) is 13.7. The third kappa shape index (κ3) is 3.31. The highest BCUT2D eigenvalue weighted by atomic mass is 32.1. The van der Waals surface area contributed by atoms with Crippen LogP contribution in [0, 0.1) is 0 Å². The number of hydrogen-bond acceptors (Lipinski definition) is 5. The van der Waals surface area contributed by atoms with Crippen LogP contribution in [0.4, 0.5) is 0 Å². The van der Waals surface area contributed by atoms with E-state index in [0.717, 1.165) is 16.0 Å². The van der Waals surface area contributed by atoms with Crippen LogP contribution in [-0.2, 0) is 11.2 Å². The van der Waals surface area contributed by atoms with Gasteiger partial charge in [-0.05, 0) is 23.4 Å². The summed E-state index contributed by atoms with van der Waals surface area (Å²) in [6.07, 6.45) is 2.35. The molecule has 1 aromatic carbocycles. The molecular formula is C19H15N3O2S2. The van der Waals surface area contributed by atoms with E-state index in [-0.39, 0.29) is 11.5 Å². The minimum atomic E-state index is -0.264. The Morgan fingerprint density at radius 3 is 2.73 bits per heavy atom. The largest absolute Gasteiger partial charge is 0.281 e. The van der Waals surface area contributed by atoms with E-state index < -0.39 is 0 Å². The molecule has 0 unspecified atom stereocenters. The Labute approximate surface area is 157 Å². The number of carbonyl (C=O) groups excluding carboxylic acids is 1. The number of aromatic nitrogens is 2. The molecule has 130 valence electrons. The first-order valence-corrected chi connectivity index (χ1v) is 9.85. The van der Waals surface area contributed by atoms with Crippen LogP contribution in [0.1, 0.15) is 11.3 Å². The minimum Gasteiger partial charge on any atom is -0.273 e. The van der Waals surface area contributed by atoms with E-state index in [1.807, 2.05) is 53.2 Å². The van der Waals surface area contributed by atoms with Gasteiger partial charge >= 0.3 is 0 Å². The van der Waals surface area contributed by atoms with Crippen molar-refractivity contribution < 1.29 is 4.79 Å². The molecule has 4 aromatic rings. The van der Waals surface area contributed by atoms with E-state index in [1.165, 1.54) is 22.3 Å². The van der Waals surface area contributed by atoms with Gasteiger partial charge in [0.1, 0.15) is 11.2 Å². The van der Waals surface area contributed by atoms with Gasteiger partial charge in [-0.15, -0.1) is 22.7 Å². The van der Waals surface area contributed by atoms with Crippen molar-refractivity contribution in [2.24, 2.45) is 0 Å². The number of fused-ring (bicyclic) bond motifs is 1. The van der Waals surface area contributed by atoms with Crippen LogP contribution in [0.2, 0.25) is 0 Å². The highest BCUT2D eigenvalue weighted by Crippen LogP contribution is 2.30. The van der Waals surface area contributed by atoms with E-state index in [1.54, 1.807) is 11.3 Å². The topological polar surface area (TPSA) is 64.0 Å². The summed E-state index contributed by atoms with van der Waals surface area (Å²) in [7, 11) is 0. The second-order valence-corrected chi connectivity index (χ2v) is 7.62. The Bertz CT molecular complexity index is 1100. The number of aryl methyl sites for hydroxylation is 1. The van der Waals surface area contributed by atoms with Crippen molar-refractivity contribution in [3.63, 3.8) is 0 Å². The van der Waals surface area contributed by atoms with Crippen molar-refractivity contribution in [1.29, 1.82) is 0 Å². The maximum absolute atomic E-state index is 12.9. The third-order valence-corrected chi connectivity index (χ3v) is 5.83. The number of nitrogens with one attached hydrogen (secondary N) is 1. The lowest BCUT2D eigenvalue weighted by molar-refractivity contribution is -0.117. The summed E-state index contributed by atoms with van der Waals surface area (Å²) >= 11 is 3.04.